The number of nitrogens with one attached hydrogen (secondary N) is 1. The molecule has 1 unspecified atom stereocenters. The third kappa shape index (κ3) is 6.62. The van der Waals surface area contributed by atoms with Crippen molar-refractivity contribution in [3.8, 4) is 5.75 Å². The van der Waals surface area contributed by atoms with Crippen LogP contribution in [-0.2, 0) is 11.2 Å². The number of ether oxygens (including phenoxy) is 1. The van der Waals surface area contributed by atoms with E-state index in [9.17, 15) is 13.6 Å². The number of anilines is 1. The minimum atomic E-state index is -2.83. The molecule has 0 bridgehead atoms. The Morgan fingerprint density at radius 2 is 2.13 bits per heavy atom. The van der Waals surface area contributed by atoms with Crippen molar-refractivity contribution in [3.63, 3.8) is 0 Å². The van der Waals surface area contributed by atoms with Crippen LogP contribution in [0.1, 0.15) is 18.4 Å². The average Bonchev–Trinajstić information content (AvgIpc) is 3.17. The van der Waals surface area contributed by atoms with Crippen LogP contribution in [-0.4, -0.2) is 66.9 Å². The van der Waals surface area contributed by atoms with Gasteiger partial charge in [-0.3, -0.25) is 9.69 Å². The van der Waals surface area contributed by atoms with Gasteiger partial charge in [-0.15, -0.1) is 5.10 Å². The van der Waals surface area contributed by atoms with Gasteiger partial charge in [-0.25, -0.2) is 0 Å². The molecule has 0 saturated carbocycles. The van der Waals surface area contributed by atoms with Gasteiger partial charge in [0.25, 0.3) is 0 Å². The fraction of sp³-hybridized carbons (Fsp3) is 0.476. The molecule has 0 radical (unpaired) electrons. The van der Waals surface area contributed by atoms with Crippen LogP contribution in [0, 0.1) is 0 Å². The minimum Gasteiger partial charge on any atom is -0.435 e. The van der Waals surface area contributed by atoms with Gasteiger partial charge in [-0.2, -0.15) is 13.9 Å². The number of alkyl halides is 2. The highest BCUT2D eigenvalue weighted by atomic mass is 19.3. The van der Waals surface area contributed by atoms with Crippen LogP contribution < -0.4 is 15.0 Å². The van der Waals surface area contributed by atoms with Crippen molar-refractivity contribution in [2.45, 2.75) is 31.9 Å². The second kappa shape index (κ2) is 10.8. The number of aromatic nitrogens is 2. The first-order valence-electron chi connectivity index (χ1n) is 10.0. The Kier molecular flexibility index (Phi) is 7.89. The van der Waals surface area contributed by atoms with E-state index >= 15 is 0 Å². The van der Waals surface area contributed by atoms with Gasteiger partial charge in [-0.05, 0) is 56.1 Å². The first kappa shape index (κ1) is 21.9. The van der Waals surface area contributed by atoms with Crippen molar-refractivity contribution in [1.29, 1.82) is 0 Å². The molecule has 162 valence electrons. The molecule has 1 N–H and O–H groups in total. The van der Waals surface area contributed by atoms with E-state index in [1.807, 2.05) is 24.1 Å². The van der Waals surface area contributed by atoms with Gasteiger partial charge in [0, 0.05) is 31.9 Å². The Hall–Kier alpha value is -2.81. The van der Waals surface area contributed by atoms with Gasteiger partial charge in [0.1, 0.15) is 5.75 Å². The summed E-state index contributed by atoms with van der Waals surface area (Å²) in [5, 5.41) is 11.1. The number of amides is 1. The number of benzene rings is 1. The molecular formula is C21H27F2N5O2. The summed E-state index contributed by atoms with van der Waals surface area (Å²) in [6, 6.07) is 10.6. The summed E-state index contributed by atoms with van der Waals surface area (Å²) in [7, 11) is 1.94. The summed E-state index contributed by atoms with van der Waals surface area (Å²) in [6.45, 7) is -0.313. The molecule has 3 rings (SSSR count). The fourth-order valence-corrected chi connectivity index (χ4v) is 3.68. The summed E-state index contributed by atoms with van der Waals surface area (Å²) >= 11 is 0. The van der Waals surface area contributed by atoms with Crippen LogP contribution in [0.25, 0.3) is 0 Å². The summed E-state index contributed by atoms with van der Waals surface area (Å²) < 4.78 is 28.7. The summed E-state index contributed by atoms with van der Waals surface area (Å²) in [6.07, 6.45) is 4.44. The third-order valence-corrected chi connectivity index (χ3v) is 5.05. The third-order valence-electron chi connectivity index (χ3n) is 5.05. The molecule has 1 aromatic carbocycles. The molecule has 9 heteroatoms. The van der Waals surface area contributed by atoms with Gasteiger partial charge in [0.2, 0.25) is 5.91 Å². The first-order valence-corrected chi connectivity index (χ1v) is 10.0. The molecule has 1 saturated heterocycles. The molecule has 0 spiro atoms. The summed E-state index contributed by atoms with van der Waals surface area (Å²) in [5.41, 5.74) is 0.941. The Morgan fingerprint density at radius 3 is 2.83 bits per heavy atom. The van der Waals surface area contributed by atoms with Crippen LogP contribution >= 0.6 is 0 Å². The number of carbonyl (C=O) groups excluding carboxylic acids is 1. The largest absolute Gasteiger partial charge is 0.435 e. The van der Waals surface area contributed by atoms with Gasteiger partial charge >= 0.3 is 6.61 Å². The Bertz CT molecular complexity index is 792. The second-order valence-corrected chi connectivity index (χ2v) is 7.39. The summed E-state index contributed by atoms with van der Waals surface area (Å²) in [5.74, 6) is 0.962. The van der Waals surface area contributed by atoms with Crippen molar-refractivity contribution in [1.82, 2.24) is 20.4 Å². The maximum atomic E-state index is 12.3. The van der Waals surface area contributed by atoms with E-state index in [1.165, 1.54) is 12.1 Å². The van der Waals surface area contributed by atoms with Crippen LogP contribution in [0.2, 0.25) is 0 Å². The van der Waals surface area contributed by atoms with E-state index < -0.39 is 6.61 Å². The standard InChI is InChI=1S/C21H27F2N5O2/c1-27(14-17-4-3-13-28(17)19-5-2-11-25-26-19)15-20(29)24-12-10-16-6-8-18(9-7-16)30-21(22)23/h2,5-9,11,17,21H,3-4,10,12-15H2,1H3,(H,24,29). The average molecular weight is 419 g/mol. The number of hydrogen-bond donors (Lipinski definition) is 1. The zero-order valence-electron chi connectivity index (χ0n) is 17.0. The van der Waals surface area contributed by atoms with Gasteiger partial charge < -0.3 is 15.0 Å². The monoisotopic (exact) mass is 419 g/mol. The van der Waals surface area contributed by atoms with Gasteiger partial charge in [0.05, 0.1) is 6.54 Å². The zero-order valence-corrected chi connectivity index (χ0v) is 17.0. The fourth-order valence-electron chi connectivity index (χ4n) is 3.68. The SMILES string of the molecule is CN(CC(=O)NCCc1ccc(OC(F)F)cc1)CC1CCCN1c1cccnn1. The molecule has 1 atom stereocenters. The van der Waals surface area contributed by atoms with E-state index in [1.54, 1.807) is 18.3 Å². The highest BCUT2D eigenvalue weighted by molar-refractivity contribution is 5.78. The number of nitrogens with zero attached hydrogens (tertiary/aromatic N) is 4. The Labute approximate surface area is 175 Å². The molecular weight excluding hydrogens is 392 g/mol. The highest BCUT2D eigenvalue weighted by Gasteiger charge is 2.27. The van der Waals surface area contributed by atoms with Crippen LogP contribution in [0.4, 0.5) is 14.6 Å². The Balaban J connectivity index is 1.38. The molecule has 2 heterocycles. The number of rotatable bonds is 10. The highest BCUT2D eigenvalue weighted by Crippen LogP contribution is 2.23. The van der Waals surface area contributed by atoms with Crippen molar-refractivity contribution < 1.29 is 18.3 Å². The summed E-state index contributed by atoms with van der Waals surface area (Å²) in [4.78, 5) is 16.5. The number of likely N-dealkylation sites (N-methyl/N-ethyl adjacent to an activating group) is 1. The van der Waals surface area contributed by atoms with Crippen molar-refractivity contribution in [2.24, 2.45) is 0 Å². The van der Waals surface area contributed by atoms with Crippen molar-refractivity contribution >= 4 is 11.7 Å². The Morgan fingerprint density at radius 1 is 1.33 bits per heavy atom. The quantitative estimate of drug-likeness (QED) is 0.638. The van der Waals surface area contributed by atoms with E-state index in [4.69, 9.17) is 0 Å². The smallest absolute Gasteiger partial charge is 0.387 e. The molecule has 30 heavy (non-hydrogen) atoms. The molecule has 7 nitrogen and oxygen atoms in total. The molecule has 1 aliphatic heterocycles. The normalized spacial score (nSPS) is 16.3. The number of carbonyl (C=O) groups is 1. The number of halogens is 2. The predicted octanol–water partition coefficient (Wildman–Crippen LogP) is 2.34. The van der Waals surface area contributed by atoms with E-state index in [-0.39, 0.29) is 11.7 Å². The van der Waals surface area contributed by atoms with Crippen LogP contribution in [0.3, 0.4) is 0 Å². The molecule has 1 amide bonds. The minimum absolute atomic E-state index is 0.0424. The van der Waals surface area contributed by atoms with Crippen LogP contribution in [0.5, 0.6) is 5.75 Å². The molecule has 1 aromatic heterocycles. The maximum absolute atomic E-state index is 12.3. The lowest BCUT2D eigenvalue weighted by Gasteiger charge is -2.28. The van der Waals surface area contributed by atoms with E-state index in [0.29, 0.717) is 25.6 Å². The second-order valence-electron chi connectivity index (χ2n) is 7.39. The molecule has 1 aliphatic rings. The molecule has 2 aromatic rings. The van der Waals surface area contributed by atoms with E-state index in [2.05, 4.69) is 25.2 Å². The molecule has 1 fully saturated rings. The predicted molar refractivity (Wildman–Crippen MR) is 110 cm³/mol. The number of hydrogen-bond acceptors (Lipinski definition) is 6. The van der Waals surface area contributed by atoms with Crippen molar-refractivity contribution in [3.05, 3.63) is 48.2 Å². The topological polar surface area (TPSA) is 70.6 Å². The lowest BCUT2D eigenvalue weighted by Crippen LogP contribution is -2.43. The zero-order chi connectivity index (χ0) is 21.3. The van der Waals surface area contributed by atoms with E-state index in [0.717, 1.165) is 37.3 Å². The van der Waals surface area contributed by atoms with Crippen molar-refractivity contribution in [2.75, 3.05) is 38.1 Å². The van der Waals surface area contributed by atoms with Gasteiger partial charge in [0.15, 0.2) is 5.82 Å². The van der Waals surface area contributed by atoms with Crippen LogP contribution in [0.15, 0.2) is 42.6 Å². The van der Waals surface area contributed by atoms with Gasteiger partial charge in [-0.1, -0.05) is 12.1 Å². The lowest BCUT2D eigenvalue weighted by molar-refractivity contribution is -0.121. The lowest BCUT2D eigenvalue weighted by atomic mass is 10.1. The molecule has 0 aliphatic carbocycles. The first-order chi connectivity index (χ1) is 14.5. The maximum Gasteiger partial charge on any atom is 0.387 e.